The molecule has 2 saturated heterocycles. The lowest BCUT2D eigenvalue weighted by Gasteiger charge is -2.27. The van der Waals surface area contributed by atoms with Gasteiger partial charge in [0.1, 0.15) is 17.7 Å². The van der Waals surface area contributed by atoms with E-state index in [9.17, 15) is 9.18 Å². The Morgan fingerprint density at radius 2 is 2.09 bits per heavy atom. The molecule has 0 N–H and O–H groups in total. The fourth-order valence-electron chi connectivity index (χ4n) is 3.46. The highest BCUT2D eigenvalue weighted by Crippen LogP contribution is 2.42. The van der Waals surface area contributed by atoms with Gasteiger partial charge in [0.15, 0.2) is 5.82 Å². The van der Waals surface area contributed by atoms with Gasteiger partial charge in [0.2, 0.25) is 5.91 Å². The van der Waals surface area contributed by atoms with Gasteiger partial charge in [0, 0.05) is 12.6 Å². The lowest BCUT2D eigenvalue weighted by molar-refractivity contribution is -0.119. The highest BCUT2D eigenvalue weighted by Gasteiger charge is 2.50. The number of carbonyl (C=O) groups is 1. The molecule has 1 aromatic carbocycles. The normalized spacial score (nSPS) is 25.0. The minimum absolute atomic E-state index is 0.0418. The number of nitrogens with zero attached hydrogens (tertiary/aromatic N) is 3. The zero-order valence-electron chi connectivity index (χ0n) is 12.2. The number of anilines is 1. The SMILES string of the molecule is Cc1cc(N2C(=O)C3CCCN3C2c2ccc(F)cc2)no1. The summed E-state index contributed by atoms with van der Waals surface area (Å²) in [4.78, 5) is 16.6. The van der Waals surface area contributed by atoms with Crippen LogP contribution in [0.4, 0.5) is 10.2 Å². The summed E-state index contributed by atoms with van der Waals surface area (Å²) in [6, 6.07) is 7.95. The lowest BCUT2D eigenvalue weighted by atomic mass is 10.1. The molecule has 5 nitrogen and oxygen atoms in total. The molecule has 1 aromatic heterocycles. The summed E-state index contributed by atoms with van der Waals surface area (Å²) in [6.45, 7) is 2.65. The van der Waals surface area contributed by atoms with Gasteiger partial charge in [-0.3, -0.25) is 14.6 Å². The Bertz CT molecular complexity index is 712. The summed E-state index contributed by atoms with van der Waals surface area (Å²) in [5, 5.41) is 4.00. The Labute approximate surface area is 127 Å². The van der Waals surface area contributed by atoms with Crippen LogP contribution in [0.5, 0.6) is 0 Å². The monoisotopic (exact) mass is 301 g/mol. The van der Waals surface area contributed by atoms with E-state index in [1.807, 2.05) is 0 Å². The van der Waals surface area contributed by atoms with Crippen molar-refractivity contribution in [1.29, 1.82) is 0 Å². The van der Waals surface area contributed by atoms with Crippen LogP contribution in [0.1, 0.15) is 30.3 Å². The number of benzene rings is 1. The number of aromatic nitrogens is 1. The van der Waals surface area contributed by atoms with E-state index in [0.29, 0.717) is 11.6 Å². The molecule has 6 heteroatoms. The van der Waals surface area contributed by atoms with Crippen LogP contribution in [-0.2, 0) is 4.79 Å². The van der Waals surface area contributed by atoms with Crippen molar-refractivity contribution in [1.82, 2.24) is 10.1 Å². The summed E-state index contributed by atoms with van der Waals surface area (Å²) in [6.07, 6.45) is 1.61. The third-order valence-corrected chi connectivity index (χ3v) is 4.41. The summed E-state index contributed by atoms with van der Waals surface area (Å²) in [5.74, 6) is 0.939. The Balaban J connectivity index is 1.80. The van der Waals surface area contributed by atoms with Crippen molar-refractivity contribution in [3.63, 3.8) is 0 Å². The highest BCUT2D eigenvalue weighted by molar-refractivity contribution is 5.99. The molecule has 2 unspecified atom stereocenters. The third-order valence-electron chi connectivity index (χ3n) is 4.41. The second kappa shape index (κ2) is 4.91. The number of rotatable bonds is 2. The van der Waals surface area contributed by atoms with Gasteiger partial charge in [0.05, 0.1) is 6.04 Å². The van der Waals surface area contributed by atoms with Crippen molar-refractivity contribution in [3.8, 4) is 0 Å². The van der Waals surface area contributed by atoms with Gasteiger partial charge in [-0.15, -0.1) is 0 Å². The van der Waals surface area contributed by atoms with E-state index in [-0.39, 0.29) is 23.9 Å². The molecule has 2 fully saturated rings. The summed E-state index contributed by atoms with van der Waals surface area (Å²) in [5.41, 5.74) is 0.889. The van der Waals surface area contributed by atoms with Gasteiger partial charge in [-0.1, -0.05) is 17.3 Å². The van der Waals surface area contributed by atoms with Gasteiger partial charge in [0.25, 0.3) is 0 Å². The molecule has 0 aliphatic carbocycles. The molecule has 114 valence electrons. The first-order valence-electron chi connectivity index (χ1n) is 7.43. The van der Waals surface area contributed by atoms with Crippen LogP contribution in [0.25, 0.3) is 0 Å². The number of amides is 1. The van der Waals surface area contributed by atoms with Gasteiger partial charge >= 0.3 is 0 Å². The van der Waals surface area contributed by atoms with E-state index >= 15 is 0 Å². The van der Waals surface area contributed by atoms with E-state index in [2.05, 4.69) is 10.1 Å². The molecular weight excluding hydrogens is 285 g/mol. The molecule has 3 heterocycles. The maximum Gasteiger partial charge on any atom is 0.247 e. The van der Waals surface area contributed by atoms with Crippen LogP contribution in [0.15, 0.2) is 34.9 Å². The Morgan fingerprint density at radius 3 is 2.77 bits per heavy atom. The second-order valence-corrected chi connectivity index (χ2v) is 5.83. The van der Waals surface area contributed by atoms with Crippen molar-refractivity contribution in [3.05, 3.63) is 47.5 Å². The van der Waals surface area contributed by atoms with Gasteiger partial charge in [-0.2, -0.15) is 0 Å². The molecule has 0 radical (unpaired) electrons. The van der Waals surface area contributed by atoms with Crippen LogP contribution >= 0.6 is 0 Å². The van der Waals surface area contributed by atoms with Gasteiger partial charge < -0.3 is 4.52 Å². The largest absolute Gasteiger partial charge is 0.360 e. The molecule has 4 rings (SSSR count). The first-order valence-corrected chi connectivity index (χ1v) is 7.43. The van der Waals surface area contributed by atoms with Crippen molar-refractivity contribution in [2.45, 2.75) is 32.0 Å². The van der Waals surface area contributed by atoms with Crippen molar-refractivity contribution < 1.29 is 13.7 Å². The maximum atomic E-state index is 13.2. The second-order valence-electron chi connectivity index (χ2n) is 5.83. The van der Waals surface area contributed by atoms with Gasteiger partial charge in [-0.25, -0.2) is 4.39 Å². The predicted octanol–water partition coefficient (Wildman–Crippen LogP) is 2.63. The first kappa shape index (κ1) is 13.5. The molecule has 2 aromatic rings. The highest BCUT2D eigenvalue weighted by atomic mass is 19.1. The minimum atomic E-state index is -0.283. The fraction of sp³-hybridized carbons (Fsp3) is 0.375. The lowest BCUT2D eigenvalue weighted by Crippen LogP contribution is -2.32. The number of hydrogen-bond donors (Lipinski definition) is 0. The van der Waals surface area contributed by atoms with Crippen LogP contribution in [0.2, 0.25) is 0 Å². The Hall–Kier alpha value is -2.21. The maximum absolute atomic E-state index is 13.2. The predicted molar refractivity (Wildman–Crippen MR) is 77.6 cm³/mol. The average Bonchev–Trinajstić information content (AvgIpc) is 3.18. The quantitative estimate of drug-likeness (QED) is 0.855. The van der Waals surface area contributed by atoms with E-state index in [1.54, 1.807) is 30.0 Å². The van der Waals surface area contributed by atoms with E-state index in [4.69, 9.17) is 4.52 Å². The Morgan fingerprint density at radius 1 is 1.32 bits per heavy atom. The third kappa shape index (κ3) is 1.94. The fourth-order valence-corrected chi connectivity index (χ4v) is 3.46. The van der Waals surface area contributed by atoms with E-state index in [1.165, 1.54) is 12.1 Å². The standard InChI is InChI=1S/C16H16FN3O2/c1-10-9-14(18-22-10)20-15(11-4-6-12(17)7-5-11)19-8-2-3-13(19)16(20)21/h4-7,9,13,15H,2-3,8H2,1H3. The molecule has 2 aliphatic rings. The van der Waals surface area contributed by atoms with E-state index in [0.717, 1.165) is 24.9 Å². The summed E-state index contributed by atoms with van der Waals surface area (Å²) >= 11 is 0. The number of aryl methyl sites for hydroxylation is 1. The Kier molecular flexibility index (Phi) is 3.00. The number of fused-ring (bicyclic) bond motifs is 1. The molecule has 1 amide bonds. The summed E-state index contributed by atoms with van der Waals surface area (Å²) < 4.78 is 18.3. The molecule has 2 aliphatic heterocycles. The topological polar surface area (TPSA) is 49.6 Å². The van der Waals surface area contributed by atoms with Crippen molar-refractivity contribution >= 4 is 11.7 Å². The van der Waals surface area contributed by atoms with Crippen LogP contribution in [-0.4, -0.2) is 28.6 Å². The number of carbonyl (C=O) groups excluding carboxylic acids is 1. The summed E-state index contributed by atoms with van der Waals surface area (Å²) in [7, 11) is 0. The van der Waals surface area contributed by atoms with Crippen LogP contribution in [0, 0.1) is 12.7 Å². The number of hydrogen-bond acceptors (Lipinski definition) is 4. The van der Waals surface area contributed by atoms with Gasteiger partial charge in [-0.05, 0) is 37.5 Å². The molecule has 2 atom stereocenters. The molecule has 22 heavy (non-hydrogen) atoms. The smallest absolute Gasteiger partial charge is 0.247 e. The molecule has 0 bridgehead atoms. The van der Waals surface area contributed by atoms with Crippen LogP contribution < -0.4 is 4.90 Å². The molecular formula is C16H16FN3O2. The number of halogens is 1. The van der Waals surface area contributed by atoms with Crippen LogP contribution in [0.3, 0.4) is 0 Å². The molecule has 0 saturated carbocycles. The van der Waals surface area contributed by atoms with Crippen molar-refractivity contribution in [2.24, 2.45) is 0 Å². The molecule has 0 spiro atoms. The van der Waals surface area contributed by atoms with Crippen molar-refractivity contribution in [2.75, 3.05) is 11.4 Å². The minimum Gasteiger partial charge on any atom is -0.360 e. The average molecular weight is 301 g/mol. The zero-order chi connectivity index (χ0) is 15.3. The first-order chi connectivity index (χ1) is 10.6. The zero-order valence-corrected chi connectivity index (χ0v) is 12.2. The van der Waals surface area contributed by atoms with E-state index < -0.39 is 0 Å².